The number of hydrogen-bond acceptors (Lipinski definition) is 5. The molecule has 8 heteroatoms. The molecule has 6 nitrogen and oxygen atoms in total. The van der Waals surface area contributed by atoms with Crippen LogP contribution < -0.4 is 4.74 Å². The van der Waals surface area contributed by atoms with Crippen LogP contribution in [0.5, 0.6) is 5.88 Å². The molecule has 0 radical (unpaired) electrons. The summed E-state index contributed by atoms with van der Waals surface area (Å²) in [5.41, 5.74) is 1.31. The van der Waals surface area contributed by atoms with Gasteiger partial charge in [-0.1, -0.05) is 0 Å². The van der Waals surface area contributed by atoms with Crippen molar-refractivity contribution in [2.24, 2.45) is 0 Å². The van der Waals surface area contributed by atoms with Crippen molar-refractivity contribution in [2.45, 2.75) is 19.5 Å². The van der Waals surface area contributed by atoms with Gasteiger partial charge in [-0.2, -0.15) is 0 Å². The number of hydrogen-bond donors (Lipinski definition) is 0. The summed E-state index contributed by atoms with van der Waals surface area (Å²) in [5.74, 6) is 0.732. The van der Waals surface area contributed by atoms with Crippen molar-refractivity contribution >= 4 is 5.65 Å². The highest BCUT2D eigenvalue weighted by Gasteiger charge is 2.17. The molecule has 3 heterocycles. The third-order valence-corrected chi connectivity index (χ3v) is 2.87. The number of ether oxygens (including phenoxy) is 1. The van der Waals surface area contributed by atoms with E-state index in [1.807, 2.05) is 0 Å². The number of alkyl halides is 2. The van der Waals surface area contributed by atoms with E-state index < -0.39 is 12.5 Å². The fraction of sp³-hybridized carbons (Fsp3) is 0.231. The quantitative estimate of drug-likeness (QED) is 0.737. The van der Waals surface area contributed by atoms with E-state index in [1.54, 1.807) is 29.1 Å². The Morgan fingerprint density at radius 3 is 2.76 bits per heavy atom. The van der Waals surface area contributed by atoms with Crippen molar-refractivity contribution in [3.05, 3.63) is 36.9 Å². The standard InChI is InChI=1S/C13H11F2N5O/c1-8(12(14)15)21-11-3-2-9(6-17-11)13-19-18-10-7-16-4-5-20(10)13/h2-8,12H,1H3. The average Bonchev–Trinajstić information content (AvgIpc) is 2.92. The van der Waals surface area contributed by atoms with Crippen LogP contribution in [0.3, 0.4) is 0 Å². The predicted octanol–water partition coefficient (Wildman–Crippen LogP) is 2.22. The molecule has 3 aromatic rings. The van der Waals surface area contributed by atoms with E-state index >= 15 is 0 Å². The molecule has 0 N–H and O–H groups in total. The monoisotopic (exact) mass is 291 g/mol. The Balaban J connectivity index is 1.87. The third-order valence-electron chi connectivity index (χ3n) is 2.87. The molecular formula is C13H11F2N5O. The van der Waals surface area contributed by atoms with Gasteiger partial charge in [-0.25, -0.2) is 13.8 Å². The Kier molecular flexibility index (Phi) is 3.43. The molecule has 21 heavy (non-hydrogen) atoms. The highest BCUT2D eigenvalue weighted by atomic mass is 19.3. The summed E-state index contributed by atoms with van der Waals surface area (Å²) in [6.07, 6.45) is 2.68. The summed E-state index contributed by atoms with van der Waals surface area (Å²) >= 11 is 0. The van der Waals surface area contributed by atoms with Crippen LogP contribution in [-0.4, -0.2) is 37.1 Å². The summed E-state index contributed by atoms with van der Waals surface area (Å²) in [6.45, 7) is 1.29. The zero-order valence-electron chi connectivity index (χ0n) is 11.0. The van der Waals surface area contributed by atoms with Gasteiger partial charge in [-0.15, -0.1) is 10.2 Å². The first-order valence-corrected chi connectivity index (χ1v) is 6.21. The molecule has 1 atom stereocenters. The average molecular weight is 291 g/mol. The van der Waals surface area contributed by atoms with Gasteiger partial charge in [-0.05, 0) is 13.0 Å². The van der Waals surface area contributed by atoms with Crippen LogP contribution >= 0.6 is 0 Å². The minimum atomic E-state index is -2.56. The molecule has 0 saturated heterocycles. The van der Waals surface area contributed by atoms with E-state index in [9.17, 15) is 8.78 Å². The lowest BCUT2D eigenvalue weighted by Crippen LogP contribution is -2.21. The first-order chi connectivity index (χ1) is 10.1. The van der Waals surface area contributed by atoms with Crippen molar-refractivity contribution in [2.75, 3.05) is 0 Å². The Hall–Kier alpha value is -2.64. The first-order valence-electron chi connectivity index (χ1n) is 6.21. The van der Waals surface area contributed by atoms with Crippen LogP contribution in [0.2, 0.25) is 0 Å². The third kappa shape index (κ3) is 2.64. The Bertz CT molecular complexity index is 744. The summed E-state index contributed by atoms with van der Waals surface area (Å²) in [7, 11) is 0. The van der Waals surface area contributed by atoms with Crippen LogP contribution in [0.1, 0.15) is 6.92 Å². The highest BCUT2D eigenvalue weighted by Crippen LogP contribution is 2.20. The molecule has 0 aliphatic heterocycles. The maximum absolute atomic E-state index is 12.4. The topological polar surface area (TPSA) is 65.2 Å². The van der Waals surface area contributed by atoms with Crippen LogP contribution in [0.4, 0.5) is 8.78 Å². The number of pyridine rings is 1. The lowest BCUT2D eigenvalue weighted by atomic mass is 10.2. The molecule has 1 unspecified atom stereocenters. The SMILES string of the molecule is CC(Oc1ccc(-c2nnc3cnccn23)cn1)C(F)F. The lowest BCUT2D eigenvalue weighted by molar-refractivity contribution is 0.0201. The van der Waals surface area contributed by atoms with Crippen molar-refractivity contribution in [3.63, 3.8) is 0 Å². The second-order valence-corrected chi connectivity index (χ2v) is 4.37. The van der Waals surface area contributed by atoms with Crippen LogP contribution in [0, 0.1) is 0 Å². The van der Waals surface area contributed by atoms with Gasteiger partial charge in [0.05, 0.1) is 6.20 Å². The Morgan fingerprint density at radius 2 is 2.05 bits per heavy atom. The fourth-order valence-corrected chi connectivity index (χ4v) is 1.77. The van der Waals surface area contributed by atoms with Crippen molar-refractivity contribution in [1.29, 1.82) is 0 Å². The molecular weight excluding hydrogens is 280 g/mol. The van der Waals surface area contributed by atoms with E-state index in [-0.39, 0.29) is 5.88 Å². The molecule has 0 spiro atoms. The minimum Gasteiger partial charge on any atom is -0.469 e. The smallest absolute Gasteiger partial charge is 0.274 e. The van der Waals surface area contributed by atoms with Gasteiger partial charge in [-0.3, -0.25) is 9.38 Å². The number of aromatic nitrogens is 5. The van der Waals surface area contributed by atoms with E-state index in [2.05, 4.69) is 20.2 Å². The normalized spacial score (nSPS) is 12.8. The van der Waals surface area contributed by atoms with Crippen molar-refractivity contribution in [1.82, 2.24) is 24.6 Å². The fourth-order valence-electron chi connectivity index (χ4n) is 1.77. The minimum absolute atomic E-state index is 0.141. The van der Waals surface area contributed by atoms with Gasteiger partial charge in [0.15, 0.2) is 17.6 Å². The molecule has 108 valence electrons. The number of rotatable bonds is 4. The van der Waals surface area contributed by atoms with E-state index in [4.69, 9.17) is 4.74 Å². The predicted molar refractivity (Wildman–Crippen MR) is 70.1 cm³/mol. The number of fused-ring (bicyclic) bond motifs is 1. The largest absolute Gasteiger partial charge is 0.469 e. The second-order valence-electron chi connectivity index (χ2n) is 4.37. The van der Waals surface area contributed by atoms with Crippen LogP contribution in [-0.2, 0) is 0 Å². The molecule has 0 amide bonds. The van der Waals surface area contributed by atoms with E-state index in [0.29, 0.717) is 17.0 Å². The van der Waals surface area contributed by atoms with Crippen LogP contribution in [0.25, 0.3) is 17.0 Å². The number of halogens is 2. The van der Waals surface area contributed by atoms with E-state index in [1.165, 1.54) is 19.2 Å². The van der Waals surface area contributed by atoms with Gasteiger partial charge >= 0.3 is 0 Å². The van der Waals surface area contributed by atoms with Crippen molar-refractivity contribution < 1.29 is 13.5 Å². The summed E-state index contributed by atoms with van der Waals surface area (Å²) in [6, 6.07) is 3.22. The van der Waals surface area contributed by atoms with Gasteiger partial charge in [0.25, 0.3) is 6.43 Å². The molecule has 3 rings (SSSR count). The molecule has 0 saturated carbocycles. The highest BCUT2D eigenvalue weighted by molar-refractivity contribution is 5.58. The molecule has 0 aliphatic rings. The Morgan fingerprint density at radius 1 is 1.19 bits per heavy atom. The van der Waals surface area contributed by atoms with Gasteiger partial charge in [0, 0.05) is 30.2 Å². The number of nitrogens with zero attached hydrogens (tertiary/aromatic N) is 5. The molecule has 3 aromatic heterocycles. The lowest BCUT2D eigenvalue weighted by Gasteiger charge is -2.12. The van der Waals surface area contributed by atoms with Crippen LogP contribution in [0.15, 0.2) is 36.9 Å². The molecule has 0 aliphatic carbocycles. The van der Waals surface area contributed by atoms with Gasteiger partial charge in [0.2, 0.25) is 5.88 Å². The zero-order valence-corrected chi connectivity index (χ0v) is 11.0. The molecule has 0 aromatic carbocycles. The first kappa shape index (κ1) is 13.3. The summed E-state index contributed by atoms with van der Waals surface area (Å²) in [5, 5.41) is 8.04. The van der Waals surface area contributed by atoms with E-state index in [0.717, 1.165) is 0 Å². The maximum Gasteiger partial charge on any atom is 0.274 e. The molecule has 0 bridgehead atoms. The summed E-state index contributed by atoms with van der Waals surface area (Å²) in [4.78, 5) is 7.96. The second kappa shape index (κ2) is 5.39. The van der Waals surface area contributed by atoms with Gasteiger partial charge < -0.3 is 4.74 Å². The molecule has 0 fully saturated rings. The Labute approximate surface area is 118 Å². The van der Waals surface area contributed by atoms with Gasteiger partial charge in [0.1, 0.15) is 0 Å². The summed E-state index contributed by atoms with van der Waals surface area (Å²) < 4.78 is 31.6. The van der Waals surface area contributed by atoms with Crippen molar-refractivity contribution in [3.8, 4) is 17.3 Å². The zero-order chi connectivity index (χ0) is 14.8. The maximum atomic E-state index is 12.4.